The Balaban J connectivity index is 3.44. The second kappa shape index (κ2) is 5.95. The maximum atomic E-state index is 12.4. The van der Waals surface area contributed by atoms with Crippen molar-refractivity contribution >= 4 is 17.7 Å². The van der Waals surface area contributed by atoms with Crippen LogP contribution in [0.15, 0.2) is 17.0 Å². The lowest BCUT2D eigenvalue weighted by molar-refractivity contribution is -0.0328. The van der Waals surface area contributed by atoms with E-state index in [4.69, 9.17) is 10.4 Å². The largest absolute Gasteiger partial charge is 0.465 e. The quantitative estimate of drug-likeness (QED) is 0.684. The van der Waals surface area contributed by atoms with Crippen LogP contribution >= 0.6 is 11.8 Å². The first-order valence-electron chi connectivity index (χ1n) is 4.84. The number of esters is 1. The number of benzene rings is 1. The van der Waals surface area contributed by atoms with Crippen LogP contribution in [0.3, 0.4) is 0 Å². The molecule has 0 radical (unpaired) electrons. The topological polar surface area (TPSA) is 70.3 Å². The summed E-state index contributed by atoms with van der Waals surface area (Å²) in [7, 11) is 1.05. The van der Waals surface area contributed by atoms with Gasteiger partial charge in [-0.15, -0.1) is 0 Å². The van der Waals surface area contributed by atoms with E-state index in [9.17, 15) is 18.0 Å². The third kappa shape index (κ3) is 3.87. The summed E-state index contributed by atoms with van der Waals surface area (Å²) in [4.78, 5) is 11.0. The standard InChI is InChI=1S/C11H8F3NO3S/c1-18-10(17)7-2-6(5-16)3-9(8(7)4-15)19-11(12,13)14/h2-3,16H,5H2,1H3. The highest BCUT2D eigenvalue weighted by Gasteiger charge is 2.32. The first kappa shape index (κ1) is 15.3. The van der Waals surface area contributed by atoms with Crippen LogP contribution in [-0.2, 0) is 11.3 Å². The molecule has 8 heteroatoms. The van der Waals surface area contributed by atoms with Crippen molar-refractivity contribution in [3.63, 3.8) is 0 Å². The van der Waals surface area contributed by atoms with E-state index < -0.39 is 40.3 Å². The first-order valence-corrected chi connectivity index (χ1v) is 5.66. The predicted octanol–water partition coefficient (Wildman–Crippen LogP) is 2.45. The Morgan fingerprint density at radius 2 is 2.16 bits per heavy atom. The minimum Gasteiger partial charge on any atom is -0.465 e. The number of nitriles is 1. The molecule has 0 heterocycles. The number of hydrogen-bond donors (Lipinski definition) is 1. The van der Waals surface area contributed by atoms with E-state index in [1.807, 2.05) is 0 Å². The average molecular weight is 291 g/mol. The van der Waals surface area contributed by atoms with Gasteiger partial charge < -0.3 is 9.84 Å². The van der Waals surface area contributed by atoms with Crippen LogP contribution in [0.1, 0.15) is 21.5 Å². The maximum Gasteiger partial charge on any atom is 0.446 e. The number of ether oxygens (including phenoxy) is 1. The van der Waals surface area contributed by atoms with Gasteiger partial charge in [-0.25, -0.2) is 4.79 Å². The summed E-state index contributed by atoms with van der Waals surface area (Å²) >= 11 is -0.518. The fourth-order valence-electron chi connectivity index (χ4n) is 1.36. The zero-order chi connectivity index (χ0) is 14.6. The molecular formula is C11H8F3NO3S. The van der Waals surface area contributed by atoms with E-state index >= 15 is 0 Å². The number of rotatable bonds is 3. The summed E-state index contributed by atoms with van der Waals surface area (Å²) in [6.07, 6.45) is 0. The minimum absolute atomic E-state index is 0.0890. The zero-order valence-corrected chi connectivity index (χ0v) is 10.4. The van der Waals surface area contributed by atoms with Gasteiger partial charge in [-0.3, -0.25) is 0 Å². The van der Waals surface area contributed by atoms with Crippen LogP contribution in [0.25, 0.3) is 0 Å². The van der Waals surface area contributed by atoms with Gasteiger partial charge in [0.2, 0.25) is 0 Å². The second-order valence-electron chi connectivity index (χ2n) is 3.33. The highest BCUT2D eigenvalue weighted by atomic mass is 32.2. The molecule has 1 N–H and O–H groups in total. The van der Waals surface area contributed by atoms with E-state index in [0.29, 0.717) is 0 Å². The first-order chi connectivity index (χ1) is 8.82. The van der Waals surface area contributed by atoms with Gasteiger partial charge in [0.15, 0.2) is 0 Å². The number of carbonyl (C=O) groups excluding carboxylic acids is 1. The van der Waals surface area contributed by atoms with Crippen LogP contribution < -0.4 is 0 Å². The van der Waals surface area contributed by atoms with Gasteiger partial charge in [-0.05, 0) is 29.5 Å². The molecule has 19 heavy (non-hydrogen) atoms. The number of methoxy groups -OCH3 is 1. The van der Waals surface area contributed by atoms with Crippen molar-refractivity contribution in [2.75, 3.05) is 7.11 Å². The van der Waals surface area contributed by atoms with E-state index in [1.54, 1.807) is 6.07 Å². The number of aliphatic hydroxyl groups excluding tert-OH is 1. The lowest BCUT2D eigenvalue weighted by atomic mass is 10.0. The van der Waals surface area contributed by atoms with E-state index in [2.05, 4.69) is 4.74 Å². The third-order valence-corrected chi connectivity index (χ3v) is 2.86. The molecule has 0 bridgehead atoms. The van der Waals surface area contributed by atoms with Crippen LogP contribution in [0.4, 0.5) is 13.2 Å². The highest BCUT2D eigenvalue weighted by molar-refractivity contribution is 8.00. The zero-order valence-electron chi connectivity index (χ0n) is 9.61. The van der Waals surface area contributed by atoms with E-state index in [0.717, 1.165) is 19.2 Å². The van der Waals surface area contributed by atoms with Crippen molar-refractivity contribution in [3.8, 4) is 6.07 Å². The van der Waals surface area contributed by atoms with Gasteiger partial charge in [0.05, 0.1) is 24.8 Å². The number of nitrogens with zero attached hydrogens (tertiary/aromatic N) is 1. The Hall–Kier alpha value is -1.72. The number of carbonyl (C=O) groups is 1. The molecule has 1 rings (SSSR count). The van der Waals surface area contributed by atoms with Crippen LogP contribution in [-0.4, -0.2) is 23.7 Å². The molecule has 0 aromatic heterocycles. The van der Waals surface area contributed by atoms with Gasteiger partial charge in [0.25, 0.3) is 0 Å². The summed E-state index contributed by atoms with van der Waals surface area (Å²) in [5, 5.41) is 17.9. The second-order valence-corrected chi connectivity index (χ2v) is 4.43. The molecular weight excluding hydrogens is 283 g/mol. The molecule has 0 aliphatic heterocycles. The van der Waals surface area contributed by atoms with Crippen LogP contribution in [0, 0.1) is 11.3 Å². The van der Waals surface area contributed by atoms with E-state index in [-0.39, 0.29) is 11.1 Å². The molecule has 102 valence electrons. The predicted molar refractivity (Wildman–Crippen MR) is 60.3 cm³/mol. The van der Waals surface area contributed by atoms with Gasteiger partial charge in [-0.2, -0.15) is 18.4 Å². The summed E-state index contributed by atoms with van der Waals surface area (Å²) in [5.74, 6) is -0.934. The molecule has 0 unspecified atom stereocenters. The third-order valence-electron chi connectivity index (χ3n) is 2.09. The fraction of sp³-hybridized carbons (Fsp3) is 0.273. The Labute approximate surface area is 110 Å². The number of hydrogen-bond acceptors (Lipinski definition) is 5. The fourth-order valence-corrected chi connectivity index (χ4v) is 2.07. The maximum absolute atomic E-state index is 12.4. The van der Waals surface area contributed by atoms with Gasteiger partial charge in [0, 0.05) is 4.90 Å². The van der Waals surface area contributed by atoms with Gasteiger partial charge >= 0.3 is 11.5 Å². The molecule has 0 fully saturated rings. The van der Waals surface area contributed by atoms with Crippen molar-refractivity contribution in [2.24, 2.45) is 0 Å². The Kier molecular flexibility index (Phi) is 4.80. The van der Waals surface area contributed by atoms with Crippen molar-refractivity contribution in [3.05, 3.63) is 28.8 Å². The summed E-state index contributed by atoms with van der Waals surface area (Å²) in [5.41, 5.74) is -5.24. The Morgan fingerprint density at radius 3 is 2.58 bits per heavy atom. The highest BCUT2D eigenvalue weighted by Crippen LogP contribution is 2.39. The lowest BCUT2D eigenvalue weighted by Crippen LogP contribution is -2.08. The molecule has 0 saturated carbocycles. The number of halogens is 3. The minimum atomic E-state index is -4.60. The number of thioether (sulfide) groups is 1. The Bertz CT molecular complexity index is 537. The molecule has 0 atom stereocenters. The van der Waals surface area contributed by atoms with Crippen molar-refractivity contribution in [2.45, 2.75) is 17.0 Å². The van der Waals surface area contributed by atoms with Crippen molar-refractivity contribution in [1.82, 2.24) is 0 Å². The lowest BCUT2D eigenvalue weighted by Gasteiger charge is -2.11. The van der Waals surface area contributed by atoms with Crippen LogP contribution in [0.5, 0.6) is 0 Å². The van der Waals surface area contributed by atoms with E-state index in [1.165, 1.54) is 0 Å². The molecule has 0 aliphatic carbocycles. The van der Waals surface area contributed by atoms with Gasteiger partial charge in [0.1, 0.15) is 6.07 Å². The number of aliphatic hydroxyl groups is 1. The summed E-state index contributed by atoms with van der Waals surface area (Å²) < 4.78 is 41.5. The molecule has 0 spiro atoms. The molecule has 4 nitrogen and oxygen atoms in total. The summed E-state index contributed by atoms with van der Waals surface area (Å²) in [6, 6.07) is 3.70. The molecule has 0 saturated heterocycles. The summed E-state index contributed by atoms with van der Waals surface area (Å²) in [6.45, 7) is -0.554. The van der Waals surface area contributed by atoms with Crippen molar-refractivity contribution in [1.29, 1.82) is 5.26 Å². The monoisotopic (exact) mass is 291 g/mol. The number of alkyl halides is 3. The molecule has 0 aliphatic rings. The molecule has 1 aromatic rings. The average Bonchev–Trinajstić information content (AvgIpc) is 2.34. The van der Waals surface area contributed by atoms with Crippen molar-refractivity contribution < 1.29 is 27.8 Å². The Morgan fingerprint density at radius 1 is 1.53 bits per heavy atom. The normalized spacial score (nSPS) is 10.9. The molecule has 0 amide bonds. The van der Waals surface area contributed by atoms with Crippen LogP contribution in [0.2, 0.25) is 0 Å². The smallest absolute Gasteiger partial charge is 0.446 e. The van der Waals surface area contributed by atoms with Gasteiger partial charge in [-0.1, -0.05) is 0 Å². The SMILES string of the molecule is COC(=O)c1cc(CO)cc(SC(F)(F)F)c1C#N. The molecule has 1 aromatic carbocycles.